The van der Waals surface area contributed by atoms with Gasteiger partial charge in [0.1, 0.15) is 15.6 Å². The van der Waals surface area contributed by atoms with E-state index in [0.717, 1.165) is 19.3 Å². The van der Waals surface area contributed by atoms with Crippen molar-refractivity contribution in [3.8, 4) is 0 Å². The number of rotatable bonds is 13. The summed E-state index contributed by atoms with van der Waals surface area (Å²) in [4.78, 5) is 0. The van der Waals surface area contributed by atoms with Crippen LogP contribution in [-0.2, 0) is 10.1 Å². The van der Waals surface area contributed by atoms with Gasteiger partial charge in [-0.1, -0.05) is 71.1 Å². The molecule has 6 heteroatoms. The van der Waals surface area contributed by atoms with Crippen molar-refractivity contribution in [2.24, 2.45) is 0 Å². The summed E-state index contributed by atoms with van der Waals surface area (Å²) in [5.74, 6) is 0. The molecule has 0 aromatic rings. The first-order chi connectivity index (χ1) is 8.98. The Morgan fingerprint density at radius 1 is 0.850 bits per heavy atom. The third-order valence-corrected chi connectivity index (χ3v) is 4.29. The molecule has 0 fully saturated rings. The zero-order valence-corrected chi connectivity index (χ0v) is 17.1. The molecule has 0 aliphatic carbocycles. The molecule has 1 unspecified atom stereocenters. The van der Waals surface area contributed by atoms with E-state index < -0.39 is 15.6 Å². The van der Waals surface area contributed by atoms with Crippen LogP contribution in [0.4, 0.5) is 0 Å². The van der Waals surface area contributed by atoms with E-state index in [4.69, 9.17) is 5.11 Å². The van der Waals surface area contributed by atoms with Crippen molar-refractivity contribution in [1.82, 2.24) is 0 Å². The minimum absolute atomic E-state index is 0. The fourth-order valence-electron chi connectivity index (χ4n) is 2.13. The molecule has 1 N–H and O–H groups in total. The van der Waals surface area contributed by atoms with Crippen LogP contribution in [0.2, 0.25) is 0 Å². The molecule has 0 aliphatic heterocycles. The van der Waals surface area contributed by atoms with E-state index in [1.165, 1.54) is 44.9 Å². The number of aliphatic hydroxyl groups excluding tert-OH is 1. The monoisotopic (exact) mass is 332 g/mol. The van der Waals surface area contributed by atoms with Gasteiger partial charge in [-0.15, -0.1) is 0 Å². The van der Waals surface area contributed by atoms with Gasteiger partial charge in [0, 0.05) is 0 Å². The molecule has 116 valence electrons. The normalized spacial score (nSPS) is 12.9. The maximum atomic E-state index is 10.4. The summed E-state index contributed by atoms with van der Waals surface area (Å²) in [7, 11) is -4.51. The third-order valence-electron chi connectivity index (χ3n) is 3.39. The second-order valence-corrected chi connectivity index (χ2v) is 6.80. The Kier molecular flexibility index (Phi) is 18.3. The Balaban J connectivity index is 0. The molecule has 0 aromatic carbocycles. The van der Waals surface area contributed by atoms with Crippen molar-refractivity contribution < 1.29 is 69.5 Å². The van der Waals surface area contributed by atoms with Crippen LogP contribution >= 0.6 is 0 Å². The van der Waals surface area contributed by atoms with Crippen molar-refractivity contribution >= 4 is 10.1 Å². The van der Waals surface area contributed by atoms with Crippen LogP contribution in [0.3, 0.4) is 0 Å². The van der Waals surface area contributed by atoms with Crippen molar-refractivity contribution in [3.05, 3.63) is 0 Å². The Labute approximate surface area is 167 Å². The van der Waals surface area contributed by atoms with Gasteiger partial charge >= 0.3 is 51.4 Å². The predicted octanol–water partition coefficient (Wildman–Crippen LogP) is 0.555. The summed E-state index contributed by atoms with van der Waals surface area (Å²) < 4.78 is 31.3. The van der Waals surface area contributed by atoms with Gasteiger partial charge in [-0.3, -0.25) is 0 Å². The molecule has 0 saturated carbocycles. The fourth-order valence-corrected chi connectivity index (χ4v) is 2.58. The molecular formula is C14H29KO4S. The van der Waals surface area contributed by atoms with E-state index in [1.807, 2.05) is 0 Å². The largest absolute Gasteiger partial charge is 1.00 e. The van der Waals surface area contributed by atoms with Crippen LogP contribution in [-0.4, -0.2) is 23.5 Å². The van der Waals surface area contributed by atoms with Crippen LogP contribution < -0.4 is 51.4 Å². The standard InChI is InChI=1S/C14H30O4S.K/c1-2-3-4-5-6-7-8-9-10-11-12-13-14(15)19(16,17)18;/h14-15H,2-13H2,1H3,(H,16,17,18);/q;+1/p-1. The van der Waals surface area contributed by atoms with E-state index >= 15 is 0 Å². The fraction of sp³-hybridized carbons (Fsp3) is 1.00. The van der Waals surface area contributed by atoms with Crippen LogP contribution in [0.5, 0.6) is 0 Å². The van der Waals surface area contributed by atoms with Crippen molar-refractivity contribution in [2.75, 3.05) is 0 Å². The zero-order chi connectivity index (χ0) is 14.6. The summed E-state index contributed by atoms with van der Waals surface area (Å²) in [5.41, 5.74) is -1.72. The van der Waals surface area contributed by atoms with Gasteiger partial charge in [0.2, 0.25) is 0 Å². The maximum absolute atomic E-state index is 10.4. The molecule has 0 amide bonds. The van der Waals surface area contributed by atoms with Crippen LogP contribution in [0.15, 0.2) is 0 Å². The quantitative estimate of drug-likeness (QED) is 0.304. The average Bonchev–Trinajstić information content (AvgIpc) is 2.34. The van der Waals surface area contributed by atoms with Gasteiger partial charge in [0.25, 0.3) is 0 Å². The summed E-state index contributed by atoms with van der Waals surface area (Å²) in [6, 6.07) is 0. The smallest absolute Gasteiger partial charge is 0.746 e. The van der Waals surface area contributed by atoms with E-state index in [-0.39, 0.29) is 57.8 Å². The van der Waals surface area contributed by atoms with E-state index in [0.29, 0.717) is 6.42 Å². The Hall–Kier alpha value is 1.51. The van der Waals surface area contributed by atoms with Crippen molar-refractivity contribution in [1.29, 1.82) is 0 Å². The number of aliphatic hydroxyl groups is 1. The molecule has 0 aliphatic rings. The molecule has 20 heavy (non-hydrogen) atoms. The zero-order valence-electron chi connectivity index (χ0n) is 13.1. The van der Waals surface area contributed by atoms with Gasteiger partial charge in [-0.25, -0.2) is 8.42 Å². The van der Waals surface area contributed by atoms with Gasteiger partial charge in [0.05, 0.1) is 0 Å². The van der Waals surface area contributed by atoms with Gasteiger partial charge < -0.3 is 9.66 Å². The second kappa shape index (κ2) is 15.4. The predicted molar refractivity (Wildman–Crippen MR) is 76.8 cm³/mol. The summed E-state index contributed by atoms with van der Waals surface area (Å²) in [6.45, 7) is 2.22. The SMILES string of the molecule is CCCCCCCCCCCCCC(O)S(=O)(=O)[O-].[K+]. The Morgan fingerprint density at radius 3 is 1.55 bits per heavy atom. The number of unbranched alkanes of at least 4 members (excludes halogenated alkanes) is 10. The molecule has 0 heterocycles. The molecule has 0 aromatic heterocycles. The third kappa shape index (κ3) is 15.9. The molecule has 0 rings (SSSR count). The van der Waals surface area contributed by atoms with Crippen molar-refractivity contribution in [2.45, 2.75) is 89.4 Å². The van der Waals surface area contributed by atoms with Gasteiger partial charge in [0.15, 0.2) is 0 Å². The molecule has 0 radical (unpaired) electrons. The van der Waals surface area contributed by atoms with Crippen molar-refractivity contribution in [3.63, 3.8) is 0 Å². The topological polar surface area (TPSA) is 77.4 Å². The molecule has 4 nitrogen and oxygen atoms in total. The second-order valence-electron chi connectivity index (χ2n) is 5.27. The van der Waals surface area contributed by atoms with E-state index in [9.17, 15) is 13.0 Å². The summed E-state index contributed by atoms with van der Waals surface area (Å²) in [6.07, 6.45) is 12.9. The Bertz CT molecular complexity index is 294. The minimum Gasteiger partial charge on any atom is -0.746 e. The molecule has 0 saturated heterocycles. The first-order valence-corrected chi connectivity index (χ1v) is 9.08. The van der Waals surface area contributed by atoms with E-state index in [1.54, 1.807) is 0 Å². The van der Waals surface area contributed by atoms with Crippen LogP contribution in [0, 0.1) is 0 Å². The van der Waals surface area contributed by atoms with Gasteiger partial charge in [-0.05, 0) is 12.8 Å². The maximum Gasteiger partial charge on any atom is 1.00 e. The molecule has 0 spiro atoms. The minimum atomic E-state index is -4.51. The molecule has 0 bridgehead atoms. The summed E-state index contributed by atoms with van der Waals surface area (Å²) >= 11 is 0. The summed E-state index contributed by atoms with van der Waals surface area (Å²) in [5, 5.41) is 9.03. The Morgan fingerprint density at radius 2 is 1.20 bits per heavy atom. The first-order valence-electron chi connectivity index (χ1n) is 7.61. The van der Waals surface area contributed by atoms with Gasteiger partial charge in [-0.2, -0.15) is 0 Å². The average molecular weight is 333 g/mol. The van der Waals surface area contributed by atoms with Crippen LogP contribution in [0.1, 0.15) is 84.0 Å². The number of hydrogen-bond donors (Lipinski definition) is 1. The number of hydrogen-bond acceptors (Lipinski definition) is 4. The van der Waals surface area contributed by atoms with E-state index in [2.05, 4.69) is 6.92 Å². The first kappa shape index (κ1) is 23.8. The molecule has 1 atom stereocenters. The molecular weight excluding hydrogens is 303 g/mol. The van der Waals surface area contributed by atoms with Crippen LogP contribution in [0.25, 0.3) is 0 Å².